The van der Waals surface area contributed by atoms with Crippen molar-refractivity contribution in [3.8, 4) is 11.5 Å². The van der Waals surface area contributed by atoms with Crippen molar-refractivity contribution in [3.63, 3.8) is 0 Å². The number of esters is 1. The second kappa shape index (κ2) is 10.4. The van der Waals surface area contributed by atoms with Gasteiger partial charge in [0.15, 0.2) is 18.1 Å². The van der Waals surface area contributed by atoms with Crippen molar-refractivity contribution in [1.82, 2.24) is 5.43 Å². The minimum absolute atomic E-state index is 0.101. The fraction of sp³-hybridized carbons (Fsp3) is 0.211. The first kappa shape index (κ1) is 21.4. The Morgan fingerprint density at radius 3 is 2.69 bits per heavy atom. The van der Waals surface area contributed by atoms with Crippen molar-refractivity contribution < 1.29 is 28.7 Å². The number of ether oxygens (including phenoxy) is 3. The van der Waals surface area contributed by atoms with Crippen LogP contribution < -0.4 is 14.9 Å². The maximum atomic E-state index is 12.1. The fourth-order valence-corrected chi connectivity index (χ4v) is 2.22. The maximum absolute atomic E-state index is 12.1. The average Bonchev–Trinajstić information content (AvgIpc) is 2.72. The molecule has 10 heteroatoms. The first-order chi connectivity index (χ1) is 13.9. The number of hydrogen-bond donors (Lipinski definition) is 1. The van der Waals surface area contributed by atoms with Gasteiger partial charge in [-0.05, 0) is 36.8 Å². The van der Waals surface area contributed by atoms with Crippen LogP contribution in [-0.4, -0.2) is 43.3 Å². The summed E-state index contributed by atoms with van der Waals surface area (Å²) < 4.78 is 15.4. The highest BCUT2D eigenvalue weighted by Gasteiger charge is 2.11. The van der Waals surface area contributed by atoms with E-state index in [1.54, 1.807) is 25.1 Å². The molecule has 0 fully saturated rings. The molecule has 1 N–H and O–H groups in total. The second-order valence-corrected chi connectivity index (χ2v) is 5.51. The standard InChI is InChI=1S/C19H19N3O7/c1-3-28-18(23)12-29-17-9-13(7-8-16(17)27-2)11-20-21-19(24)14-5-4-6-15(10-14)22(25)26/h4-11H,3,12H2,1-2H3,(H,21,24)/b20-11+. The number of benzene rings is 2. The molecule has 0 aliphatic heterocycles. The van der Waals surface area contributed by atoms with E-state index < -0.39 is 16.8 Å². The van der Waals surface area contributed by atoms with E-state index >= 15 is 0 Å². The summed E-state index contributed by atoms with van der Waals surface area (Å²) in [6.07, 6.45) is 1.35. The Balaban J connectivity index is 2.05. The van der Waals surface area contributed by atoms with E-state index in [4.69, 9.17) is 14.2 Å². The molecule has 2 aromatic rings. The molecular weight excluding hydrogens is 382 g/mol. The monoisotopic (exact) mass is 401 g/mol. The van der Waals surface area contributed by atoms with Crippen LogP contribution in [0.2, 0.25) is 0 Å². The highest BCUT2D eigenvalue weighted by Crippen LogP contribution is 2.27. The third-order valence-electron chi connectivity index (χ3n) is 3.54. The Labute approximate surface area is 166 Å². The Bertz CT molecular complexity index is 928. The van der Waals surface area contributed by atoms with Crippen molar-refractivity contribution in [1.29, 1.82) is 0 Å². The summed E-state index contributed by atoms with van der Waals surface area (Å²) >= 11 is 0. The number of hydrazone groups is 1. The van der Waals surface area contributed by atoms with Gasteiger partial charge in [0.2, 0.25) is 0 Å². The lowest BCUT2D eigenvalue weighted by molar-refractivity contribution is -0.384. The summed E-state index contributed by atoms with van der Waals surface area (Å²) in [4.78, 5) is 33.7. The fourth-order valence-electron chi connectivity index (χ4n) is 2.22. The summed E-state index contributed by atoms with van der Waals surface area (Å²) in [5.74, 6) is -0.406. The van der Waals surface area contributed by atoms with Crippen LogP contribution in [0.3, 0.4) is 0 Å². The van der Waals surface area contributed by atoms with Crippen LogP contribution in [0.15, 0.2) is 47.6 Å². The summed E-state index contributed by atoms with van der Waals surface area (Å²) in [6, 6.07) is 10.1. The number of hydrogen-bond acceptors (Lipinski definition) is 8. The summed E-state index contributed by atoms with van der Waals surface area (Å²) in [5, 5.41) is 14.6. The lowest BCUT2D eigenvalue weighted by Gasteiger charge is -2.10. The van der Waals surface area contributed by atoms with Crippen LogP contribution in [0.5, 0.6) is 11.5 Å². The number of carbonyl (C=O) groups excluding carboxylic acids is 2. The molecule has 0 spiro atoms. The van der Waals surface area contributed by atoms with Crippen LogP contribution in [0.1, 0.15) is 22.8 Å². The van der Waals surface area contributed by atoms with Gasteiger partial charge in [-0.25, -0.2) is 10.2 Å². The van der Waals surface area contributed by atoms with Crippen LogP contribution >= 0.6 is 0 Å². The van der Waals surface area contributed by atoms with Gasteiger partial charge in [0.25, 0.3) is 11.6 Å². The van der Waals surface area contributed by atoms with Gasteiger partial charge in [-0.3, -0.25) is 14.9 Å². The topological polar surface area (TPSA) is 129 Å². The third-order valence-corrected chi connectivity index (χ3v) is 3.54. The number of carbonyl (C=O) groups is 2. The van der Waals surface area contributed by atoms with Gasteiger partial charge in [-0.15, -0.1) is 0 Å². The molecule has 0 aliphatic carbocycles. The Kier molecular flexibility index (Phi) is 7.66. The molecule has 0 radical (unpaired) electrons. The first-order valence-electron chi connectivity index (χ1n) is 8.49. The molecule has 0 heterocycles. The summed E-state index contributed by atoms with van der Waals surface area (Å²) in [7, 11) is 1.46. The predicted molar refractivity (Wildman–Crippen MR) is 103 cm³/mol. The number of nitro groups is 1. The molecule has 152 valence electrons. The van der Waals surface area contributed by atoms with Crippen molar-refractivity contribution in [3.05, 3.63) is 63.7 Å². The second-order valence-electron chi connectivity index (χ2n) is 5.51. The molecule has 10 nitrogen and oxygen atoms in total. The number of methoxy groups -OCH3 is 1. The normalized spacial score (nSPS) is 10.4. The average molecular weight is 401 g/mol. The van der Waals surface area contributed by atoms with E-state index in [0.29, 0.717) is 17.1 Å². The molecule has 0 saturated carbocycles. The van der Waals surface area contributed by atoms with Gasteiger partial charge in [0.05, 0.1) is 24.9 Å². The predicted octanol–water partition coefficient (Wildman–Crippen LogP) is 2.31. The first-order valence-corrected chi connectivity index (χ1v) is 8.49. The smallest absolute Gasteiger partial charge is 0.344 e. The van der Waals surface area contributed by atoms with Crippen molar-refractivity contribution in [2.24, 2.45) is 5.10 Å². The minimum atomic E-state index is -0.600. The molecule has 2 aromatic carbocycles. The summed E-state index contributed by atoms with van der Waals surface area (Å²) in [6.45, 7) is 1.65. The minimum Gasteiger partial charge on any atom is -0.493 e. The lowest BCUT2D eigenvalue weighted by Crippen LogP contribution is -2.17. The molecule has 29 heavy (non-hydrogen) atoms. The van der Waals surface area contributed by atoms with Gasteiger partial charge in [-0.2, -0.15) is 5.10 Å². The molecule has 1 amide bonds. The zero-order chi connectivity index (χ0) is 21.2. The molecule has 0 atom stereocenters. The van der Waals surface area contributed by atoms with Gasteiger partial charge >= 0.3 is 5.97 Å². The number of non-ortho nitro benzene ring substituents is 1. The number of nitrogens with one attached hydrogen (secondary N) is 1. The Morgan fingerprint density at radius 1 is 1.21 bits per heavy atom. The van der Waals surface area contributed by atoms with Gasteiger partial charge in [0.1, 0.15) is 0 Å². The maximum Gasteiger partial charge on any atom is 0.344 e. The molecule has 0 aromatic heterocycles. The van der Waals surface area contributed by atoms with E-state index in [1.165, 1.54) is 31.5 Å². The highest BCUT2D eigenvalue weighted by molar-refractivity contribution is 5.95. The number of rotatable bonds is 9. The quantitative estimate of drug-likeness (QED) is 0.295. The number of amides is 1. The van der Waals surface area contributed by atoms with Crippen LogP contribution in [0.4, 0.5) is 5.69 Å². The molecule has 0 unspecified atom stereocenters. The highest BCUT2D eigenvalue weighted by atomic mass is 16.6. The van der Waals surface area contributed by atoms with E-state index in [1.807, 2.05) is 0 Å². The van der Waals surface area contributed by atoms with Crippen molar-refractivity contribution in [2.75, 3.05) is 20.3 Å². The molecule has 2 rings (SSSR count). The molecule has 0 aliphatic rings. The van der Waals surface area contributed by atoms with E-state index in [-0.39, 0.29) is 24.5 Å². The van der Waals surface area contributed by atoms with Crippen LogP contribution in [0, 0.1) is 10.1 Å². The van der Waals surface area contributed by atoms with E-state index in [2.05, 4.69) is 10.5 Å². The Morgan fingerprint density at radius 2 is 2.00 bits per heavy atom. The molecule has 0 bridgehead atoms. The third kappa shape index (κ3) is 6.31. The van der Waals surface area contributed by atoms with Gasteiger partial charge in [-0.1, -0.05) is 6.07 Å². The van der Waals surface area contributed by atoms with Crippen LogP contribution in [-0.2, 0) is 9.53 Å². The molecule has 0 saturated heterocycles. The van der Waals surface area contributed by atoms with E-state index in [9.17, 15) is 19.7 Å². The Hall–Kier alpha value is -3.95. The van der Waals surface area contributed by atoms with Gasteiger partial charge in [0, 0.05) is 17.7 Å². The largest absolute Gasteiger partial charge is 0.493 e. The van der Waals surface area contributed by atoms with Crippen molar-refractivity contribution in [2.45, 2.75) is 6.92 Å². The summed E-state index contributed by atoms with van der Waals surface area (Å²) in [5.41, 5.74) is 2.76. The lowest BCUT2D eigenvalue weighted by atomic mass is 10.2. The van der Waals surface area contributed by atoms with Gasteiger partial charge < -0.3 is 14.2 Å². The number of nitrogens with zero attached hydrogens (tertiary/aromatic N) is 2. The van der Waals surface area contributed by atoms with Crippen molar-refractivity contribution >= 4 is 23.8 Å². The van der Waals surface area contributed by atoms with E-state index in [0.717, 1.165) is 6.07 Å². The molecular formula is C19H19N3O7. The van der Waals surface area contributed by atoms with Crippen LogP contribution in [0.25, 0.3) is 0 Å². The zero-order valence-corrected chi connectivity index (χ0v) is 15.8. The zero-order valence-electron chi connectivity index (χ0n) is 15.8. The SMILES string of the molecule is CCOC(=O)COc1cc(/C=N/NC(=O)c2cccc([N+](=O)[O-])c2)ccc1OC. The number of nitro benzene ring substituents is 1.